The molecule has 0 radical (unpaired) electrons. The van der Waals surface area contributed by atoms with Gasteiger partial charge in [-0.25, -0.2) is 0 Å². The summed E-state index contributed by atoms with van der Waals surface area (Å²) in [6, 6.07) is 41.4. The summed E-state index contributed by atoms with van der Waals surface area (Å²) in [4.78, 5) is 14.0. The summed E-state index contributed by atoms with van der Waals surface area (Å²) >= 11 is -3.05. The number of pyridine rings is 3. The van der Waals surface area contributed by atoms with E-state index in [2.05, 4.69) is 33.2 Å². The molecule has 0 aliphatic heterocycles. The van der Waals surface area contributed by atoms with Gasteiger partial charge >= 0.3 is 256 Å². The van der Waals surface area contributed by atoms with Crippen LogP contribution >= 0.6 is 0 Å². The van der Waals surface area contributed by atoms with E-state index in [0.717, 1.165) is 46.0 Å². The Balaban J connectivity index is 1.77. The summed E-state index contributed by atoms with van der Waals surface area (Å²) in [6.07, 6.45) is 5.26. The van der Waals surface area contributed by atoms with Crippen LogP contribution in [0.5, 0.6) is 0 Å². The summed E-state index contributed by atoms with van der Waals surface area (Å²) < 4.78 is 2.91. The van der Waals surface area contributed by atoms with Crippen LogP contribution in [-0.2, 0) is 16.5 Å². The van der Waals surface area contributed by atoms with Gasteiger partial charge in [0.1, 0.15) is 0 Å². The summed E-state index contributed by atoms with van der Waals surface area (Å²) in [6.45, 7) is 0. The predicted octanol–water partition coefficient (Wildman–Crippen LogP) is 5.38. The summed E-state index contributed by atoms with van der Waals surface area (Å²) in [5.41, 5.74) is 6.59. The molecule has 3 aromatic heterocycles. The molecule has 0 aliphatic rings. The van der Waals surface area contributed by atoms with Crippen molar-refractivity contribution < 1.29 is 16.5 Å². The second-order valence-corrected chi connectivity index (χ2v) is 14.9. The first-order valence-electron chi connectivity index (χ1n) is 13.2. The van der Waals surface area contributed by atoms with Crippen molar-refractivity contribution in [2.75, 3.05) is 0 Å². The van der Waals surface area contributed by atoms with Crippen molar-refractivity contribution in [3.8, 4) is 52.0 Å². The maximum absolute atomic E-state index is 10.0. The van der Waals surface area contributed by atoms with Crippen LogP contribution < -0.4 is 12.2 Å². The Bertz CT molecular complexity index is 1820. The van der Waals surface area contributed by atoms with E-state index >= 15 is 0 Å². The van der Waals surface area contributed by atoms with Crippen molar-refractivity contribution in [1.29, 1.82) is 15.8 Å². The predicted molar refractivity (Wildman–Crippen MR) is 162 cm³/mol. The van der Waals surface area contributed by atoms with Crippen molar-refractivity contribution in [2.45, 2.75) is 0 Å². The molecule has 6 rings (SSSR count). The van der Waals surface area contributed by atoms with Crippen LogP contribution in [0.1, 0.15) is 16.7 Å². The van der Waals surface area contributed by atoms with Crippen molar-refractivity contribution >= 4 is 12.2 Å². The normalized spacial score (nSPS) is 10.7. The molecule has 43 heavy (non-hydrogen) atoms. The average Bonchev–Trinajstić information content (AvgIpc) is 3.09. The van der Waals surface area contributed by atoms with Crippen molar-refractivity contribution in [2.24, 2.45) is 0 Å². The minimum atomic E-state index is -3.05. The third-order valence-electron chi connectivity index (χ3n) is 6.60. The van der Waals surface area contributed by atoms with Gasteiger partial charge in [-0.05, 0) is 0 Å². The molecular formula is C36H21IrN6. The standard InChI is InChI=1S/3C12H7N2.Ir/c3*13-9-10-4-6-11(7-5-10)12-3-1-2-8-14-12;/h3*1-6,8H;. The fraction of sp³-hybridized carbons (Fsp3) is 0. The summed E-state index contributed by atoms with van der Waals surface area (Å²) in [5.74, 6) is 0. The molecule has 0 atom stereocenters. The van der Waals surface area contributed by atoms with Gasteiger partial charge in [0.05, 0.1) is 0 Å². The quantitative estimate of drug-likeness (QED) is 0.228. The van der Waals surface area contributed by atoms with E-state index in [-0.39, 0.29) is 0 Å². The Morgan fingerprint density at radius 1 is 0.419 bits per heavy atom. The van der Waals surface area contributed by atoms with Gasteiger partial charge in [-0.15, -0.1) is 0 Å². The number of hydrogen-bond donors (Lipinski definition) is 0. The van der Waals surface area contributed by atoms with Crippen LogP contribution in [0.25, 0.3) is 33.8 Å². The van der Waals surface area contributed by atoms with Gasteiger partial charge in [-0.2, -0.15) is 0 Å². The number of rotatable bonds is 6. The third-order valence-corrected chi connectivity index (χ3v) is 13.4. The molecule has 3 aromatic carbocycles. The number of nitriles is 3. The summed E-state index contributed by atoms with van der Waals surface area (Å²) in [5, 5.41) is 30.1. The second kappa shape index (κ2) is 12.4. The average molecular weight is 730 g/mol. The zero-order chi connectivity index (χ0) is 29.6. The fourth-order valence-corrected chi connectivity index (χ4v) is 12.3. The molecule has 204 valence electrons. The first-order valence-corrected chi connectivity index (χ1v) is 16.8. The third kappa shape index (κ3) is 5.58. The minimum absolute atomic E-state index is 0.520. The second-order valence-electron chi connectivity index (χ2n) is 9.24. The molecule has 0 amide bonds. The van der Waals surface area contributed by atoms with Crippen LogP contribution in [0, 0.1) is 34.0 Å². The van der Waals surface area contributed by atoms with Crippen LogP contribution in [0.3, 0.4) is 0 Å². The van der Waals surface area contributed by atoms with Gasteiger partial charge in [0.15, 0.2) is 0 Å². The van der Waals surface area contributed by atoms with Gasteiger partial charge < -0.3 is 0 Å². The molecule has 6 aromatic rings. The van der Waals surface area contributed by atoms with E-state index in [9.17, 15) is 15.8 Å². The molecule has 0 fully saturated rings. The van der Waals surface area contributed by atoms with Crippen LogP contribution in [0.4, 0.5) is 0 Å². The van der Waals surface area contributed by atoms with Crippen molar-refractivity contribution in [1.82, 2.24) is 15.0 Å². The zero-order valence-corrected chi connectivity index (χ0v) is 25.0. The SMILES string of the molecule is N#Cc1ccc(-c2ccccn2)[c]([Ir]([c]2cc(C#N)ccc2-c2ccccn2)[c]2cc(C#N)ccc2-c2ccccn2)c1. The molecule has 0 aliphatic carbocycles. The van der Waals surface area contributed by atoms with Gasteiger partial charge in [0.2, 0.25) is 0 Å². The monoisotopic (exact) mass is 730 g/mol. The van der Waals surface area contributed by atoms with Gasteiger partial charge in [0.25, 0.3) is 0 Å². The molecule has 0 saturated heterocycles. The Kier molecular flexibility index (Phi) is 7.90. The molecule has 7 heteroatoms. The van der Waals surface area contributed by atoms with Gasteiger partial charge in [0, 0.05) is 0 Å². The molecule has 6 nitrogen and oxygen atoms in total. The molecule has 3 heterocycles. The Hall–Kier alpha value is -5.77. The van der Waals surface area contributed by atoms with Crippen molar-refractivity contribution in [3.05, 3.63) is 144 Å². The van der Waals surface area contributed by atoms with Gasteiger partial charge in [-0.1, -0.05) is 0 Å². The number of aromatic nitrogens is 3. The number of hydrogen-bond acceptors (Lipinski definition) is 6. The van der Waals surface area contributed by atoms with Crippen LogP contribution in [-0.4, -0.2) is 15.0 Å². The van der Waals surface area contributed by atoms with E-state index in [0.29, 0.717) is 16.7 Å². The number of nitrogens with zero attached hydrogens (tertiary/aromatic N) is 6. The first kappa shape index (κ1) is 27.4. The summed E-state index contributed by atoms with van der Waals surface area (Å²) in [7, 11) is 0. The van der Waals surface area contributed by atoms with Gasteiger partial charge in [-0.3, -0.25) is 0 Å². The maximum atomic E-state index is 10.0. The fourth-order valence-electron chi connectivity index (χ4n) is 4.60. The topological polar surface area (TPSA) is 110 Å². The molecule has 0 N–H and O–H groups in total. The van der Waals surface area contributed by atoms with E-state index in [4.69, 9.17) is 0 Å². The van der Waals surface area contributed by atoms with E-state index in [1.54, 1.807) is 36.8 Å². The Labute approximate surface area is 255 Å². The molecule has 0 unspecified atom stereocenters. The van der Waals surface area contributed by atoms with Crippen LogP contribution in [0.15, 0.2) is 128 Å². The van der Waals surface area contributed by atoms with E-state index in [1.165, 1.54) is 0 Å². The molecule has 0 bridgehead atoms. The van der Waals surface area contributed by atoms with E-state index in [1.807, 2.05) is 91.0 Å². The molecule has 0 saturated carbocycles. The molecule has 0 spiro atoms. The Morgan fingerprint density at radius 3 is 1.00 bits per heavy atom. The Morgan fingerprint density at radius 2 is 0.744 bits per heavy atom. The van der Waals surface area contributed by atoms with E-state index < -0.39 is 16.5 Å². The van der Waals surface area contributed by atoms with Crippen molar-refractivity contribution in [3.63, 3.8) is 0 Å². The zero-order valence-electron chi connectivity index (χ0n) is 22.6. The first-order chi connectivity index (χ1) is 21.2. The van der Waals surface area contributed by atoms with Crippen LogP contribution in [0.2, 0.25) is 0 Å². The molecular weight excluding hydrogens is 709 g/mol. The number of benzene rings is 3.